The highest BCUT2D eigenvalue weighted by Crippen LogP contribution is 2.43. The van der Waals surface area contributed by atoms with Crippen LogP contribution in [0.3, 0.4) is 0 Å². The normalized spacial score (nSPS) is 13.0. The van der Waals surface area contributed by atoms with E-state index in [0.717, 1.165) is 17.2 Å². The van der Waals surface area contributed by atoms with Gasteiger partial charge < -0.3 is 9.84 Å². The fourth-order valence-corrected chi connectivity index (χ4v) is 2.78. The molecule has 4 heteroatoms. The van der Waals surface area contributed by atoms with Crippen LogP contribution >= 0.6 is 11.6 Å². The maximum Gasteiger partial charge on any atom is 0.335 e. The predicted molar refractivity (Wildman–Crippen MR) is 83.0 cm³/mol. The first kappa shape index (κ1) is 13.7. The van der Waals surface area contributed by atoms with Crippen molar-refractivity contribution in [2.24, 2.45) is 0 Å². The number of ether oxygens (including phenoxy) is 1. The molecule has 0 amide bonds. The Balaban J connectivity index is 2.35. The van der Waals surface area contributed by atoms with Crippen molar-refractivity contribution in [1.29, 1.82) is 0 Å². The summed E-state index contributed by atoms with van der Waals surface area (Å²) in [5.41, 5.74) is 1.61. The van der Waals surface area contributed by atoms with Crippen molar-refractivity contribution in [2.45, 2.75) is 12.8 Å². The van der Waals surface area contributed by atoms with E-state index in [9.17, 15) is 9.90 Å². The standard InChI is InChI=1S/C17H13ClO3/c1-2-15(19)21-17-12-6-4-3-5-11(12)16(20)14-9-10(18)7-8-13(14)17/h2-4,7-9,20H,1,5-6H2. The van der Waals surface area contributed by atoms with Crippen molar-refractivity contribution in [3.05, 3.63) is 59.2 Å². The lowest BCUT2D eigenvalue weighted by atomic mass is 9.91. The molecule has 0 saturated heterocycles. The van der Waals surface area contributed by atoms with Crippen molar-refractivity contribution in [1.82, 2.24) is 0 Å². The zero-order valence-corrected chi connectivity index (χ0v) is 12.0. The smallest absolute Gasteiger partial charge is 0.335 e. The molecule has 1 aliphatic rings. The molecule has 0 aliphatic heterocycles. The van der Waals surface area contributed by atoms with Gasteiger partial charge in [0.2, 0.25) is 0 Å². The van der Waals surface area contributed by atoms with Crippen molar-refractivity contribution in [3.8, 4) is 11.5 Å². The van der Waals surface area contributed by atoms with Gasteiger partial charge in [0.25, 0.3) is 0 Å². The van der Waals surface area contributed by atoms with Crippen LogP contribution in [0.5, 0.6) is 11.5 Å². The van der Waals surface area contributed by atoms with Crippen LogP contribution in [0, 0.1) is 0 Å². The van der Waals surface area contributed by atoms with Crippen molar-refractivity contribution < 1.29 is 14.6 Å². The lowest BCUT2D eigenvalue weighted by Gasteiger charge is -2.20. The van der Waals surface area contributed by atoms with Gasteiger partial charge in [-0.25, -0.2) is 4.79 Å². The predicted octanol–water partition coefficient (Wildman–Crippen LogP) is 3.95. The van der Waals surface area contributed by atoms with Crippen LogP contribution in [0.25, 0.3) is 10.8 Å². The first-order chi connectivity index (χ1) is 10.1. The van der Waals surface area contributed by atoms with E-state index in [-0.39, 0.29) is 5.75 Å². The molecule has 3 rings (SSSR count). The van der Waals surface area contributed by atoms with Gasteiger partial charge in [0, 0.05) is 33.0 Å². The molecule has 21 heavy (non-hydrogen) atoms. The number of esters is 1. The van der Waals surface area contributed by atoms with Gasteiger partial charge in [-0.1, -0.05) is 30.3 Å². The van der Waals surface area contributed by atoms with E-state index >= 15 is 0 Å². The van der Waals surface area contributed by atoms with Crippen molar-refractivity contribution >= 4 is 28.3 Å². The molecule has 0 bridgehead atoms. The molecular weight excluding hydrogens is 288 g/mol. The molecule has 0 saturated carbocycles. The monoisotopic (exact) mass is 300 g/mol. The Morgan fingerprint density at radius 1 is 1.24 bits per heavy atom. The van der Waals surface area contributed by atoms with Crippen molar-refractivity contribution in [3.63, 3.8) is 0 Å². The Morgan fingerprint density at radius 2 is 1.95 bits per heavy atom. The molecule has 1 N–H and O–H groups in total. The van der Waals surface area contributed by atoms with Gasteiger partial charge in [0.15, 0.2) is 0 Å². The van der Waals surface area contributed by atoms with Crippen LogP contribution in [-0.2, 0) is 17.6 Å². The third-order valence-corrected chi connectivity index (χ3v) is 3.82. The molecule has 0 unspecified atom stereocenters. The Morgan fingerprint density at radius 3 is 2.67 bits per heavy atom. The van der Waals surface area contributed by atoms with E-state index < -0.39 is 5.97 Å². The molecule has 0 aromatic heterocycles. The van der Waals surface area contributed by atoms with Crippen LogP contribution < -0.4 is 4.74 Å². The molecule has 0 atom stereocenters. The third-order valence-electron chi connectivity index (χ3n) is 3.59. The number of phenols is 1. The van der Waals surface area contributed by atoms with Crippen LogP contribution in [0.15, 0.2) is 43.0 Å². The maximum atomic E-state index is 11.6. The molecular formula is C17H13ClO3. The van der Waals surface area contributed by atoms with E-state index in [1.165, 1.54) is 0 Å². The van der Waals surface area contributed by atoms with E-state index in [1.807, 2.05) is 12.2 Å². The first-order valence-corrected chi connectivity index (χ1v) is 6.94. The summed E-state index contributed by atoms with van der Waals surface area (Å²) in [4.78, 5) is 11.6. The summed E-state index contributed by atoms with van der Waals surface area (Å²) in [7, 11) is 0. The van der Waals surface area contributed by atoms with Crippen LogP contribution in [0.2, 0.25) is 5.02 Å². The summed E-state index contributed by atoms with van der Waals surface area (Å²) in [6, 6.07) is 5.14. The average molecular weight is 301 g/mol. The Hall–Kier alpha value is -2.26. The Kier molecular flexibility index (Phi) is 3.43. The minimum atomic E-state index is -0.520. The van der Waals surface area contributed by atoms with E-state index in [4.69, 9.17) is 16.3 Å². The minimum Gasteiger partial charge on any atom is -0.507 e. The van der Waals surface area contributed by atoms with Crippen LogP contribution in [0.1, 0.15) is 11.1 Å². The van der Waals surface area contributed by atoms with E-state index in [1.54, 1.807) is 18.2 Å². The largest absolute Gasteiger partial charge is 0.507 e. The lowest BCUT2D eigenvalue weighted by Crippen LogP contribution is -2.09. The van der Waals surface area contributed by atoms with Crippen LogP contribution in [-0.4, -0.2) is 11.1 Å². The van der Waals surface area contributed by atoms with Gasteiger partial charge in [0.1, 0.15) is 11.5 Å². The number of hydrogen-bond donors (Lipinski definition) is 1. The Labute approximate surface area is 127 Å². The number of benzene rings is 2. The number of fused-ring (bicyclic) bond motifs is 2. The quantitative estimate of drug-likeness (QED) is 0.395. The van der Waals surface area contributed by atoms with Gasteiger partial charge in [-0.05, 0) is 31.0 Å². The average Bonchev–Trinajstić information content (AvgIpc) is 2.51. The first-order valence-electron chi connectivity index (χ1n) is 6.57. The molecule has 2 aromatic carbocycles. The number of carbonyl (C=O) groups excluding carboxylic acids is 1. The summed E-state index contributed by atoms with van der Waals surface area (Å²) >= 11 is 6.01. The van der Waals surface area contributed by atoms with Gasteiger partial charge in [-0.2, -0.15) is 0 Å². The number of aromatic hydroxyl groups is 1. The van der Waals surface area contributed by atoms with Crippen LogP contribution in [0.4, 0.5) is 0 Å². The summed E-state index contributed by atoms with van der Waals surface area (Å²) in [6.45, 7) is 3.42. The van der Waals surface area contributed by atoms with Gasteiger partial charge in [-0.15, -0.1) is 0 Å². The molecule has 106 valence electrons. The number of halogens is 1. The SMILES string of the molecule is C=CC(=O)Oc1c2c(c(O)c3cc(Cl)ccc13)CC=CC2. The number of carbonyl (C=O) groups is 1. The molecule has 0 heterocycles. The highest BCUT2D eigenvalue weighted by Gasteiger charge is 2.22. The molecule has 2 aromatic rings. The molecule has 0 radical (unpaired) electrons. The molecule has 3 nitrogen and oxygen atoms in total. The number of rotatable bonds is 2. The summed E-state index contributed by atoms with van der Waals surface area (Å²) in [6.07, 6.45) is 6.31. The highest BCUT2D eigenvalue weighted by molar-refractivity contribution is 6.31. The highest BCUT2D eigenvalue weighted by atomic mass is 35.5. The zero-order valence-electron chi connectivity index (χ0n) is 11.2. The van der Waals surface area contributed by atoms with Gasteiger partial charge in [0.05, 0.1) is 0 Å². The summed E-state index contributed by atoms with van der Waals surface area (Å²) in [5.74, 6) is 0.155. The fourth-order valence-electron chi connectivity index (χ4n) is 2.61. The van der Waals surface area contributed by atoms with E-state index in [0.29, 0.717) is 34.4 Å². The summed E-state index contributed by atoms with van der Waals surface area (Å²) < 4.78 is 5.43. The fraction of sp³-hybridized carbons (Fsp3) is 0.118. The molecule has 0 spiro atoms. The second kappa shape index (κ2) is 5.26. The second-order valence-corrected chi connectivity index (χ2v) is 5.27. The second-order valence-electron chi connectivity index (χ2n) is 4.83. The Bertz CT molecular complexity index is 790. The minimum absolute atomic E-state index is 0.199. The summed E-state index contributed by atoms with van der Waals surface area (Å²) in [5, 5.41) is 12.3. The maximum absolute atomic E-state index is 11.6. The molecule has 0 fully saturated rings. The lowest BCUT2D eigenvalue weighted by molar-refractivity contribution is -0.128. The van der Waals surface area contributed by atoms with Crippen molar-refractivity contribution in [2.75, 3.05) is 0 Å². The number of allylic oxidation sites excluding steroid dienone is 2. The van der Waals surface area contributed by atoms with Gasteiger partial charge >= 0.3 is 5.97 Å². The zero-order chi connectivity index (χ0) is 15.0. The van der Waals surface area contributed by atoms with E-state index in [2.05, 4.69) is 6.58 Å². The topological polar surface area (TPSA) is 46.5 Å². The van der Waals surface area contributed by atoms with Gasteiger partial charge in [-0.3, -0.25) is 0 Å². The molecule has 1 aliphatic carbocycles. The third kappa shape index (κ3) is 2.30. The number of hydrogen-bond acceptors (Lipinski definition) is 3. The number of phenolic OH excluding ortho intramolecular Hbond substituents is 1.